The van der Waals surface area contributed by atoms with Gasteiger partial charge in [-0.25, -0.2) is 13.4 Å². The van der Waals surface area contributed by atoms with Gasteiger partial charge in [0.2, 0.25) is 16.0 Å². The second-order valence-electron chi connectivity index (χ2n) is 8.51. The summed E-state index contributed by atoms with van der Waals surface area (Å²) in [6.45, 7) is 10.3. The lowest BCUT2D eigenvalue weighted by atomic mass is 10.1. The van der Waals surface area contributed by atoms with Gasteiger partial charge in [0.25, 0.3) is 0 Å². The van der Waals surface area contributed by atoms with Crippen LogP contribution in [0.3, 0.4) is 0 Å². The highest BCUT2D eigenvalue weighted by molar-refractivity contribution is 7.90. The molecule has 0 unspecified atom stereocenters. The molecule has 2 fully saturated rings. The van der Waals surface area contributed by atoms with Crippen LogP contribution in [0.2, 0.25) is 0 Å². The quantitative estimate of drug-likeness (QED) is 0.674. The number of aryl methyl sites for hydroxylation is 1. The fraction of sp³-hybridized carbons (Fsp3) is 0.737. The SMILES string of the molecule is CCn1cnc2c(N[C@H]3CCN(S(=O)(=O)C4CC4)C3)nc(N[C@H](C)C(C)C)nc21. The van der Waals surface area contributed by atoms with E-state index in [2.05, 4.69) is 48.3 Å². The molecule has 4 rings (SSSR count). The highest BCUT2D eigenvalue weighted by Gasteiger charge is 2.42. The first kappa shape index (κ1) is 20.3. The Morgan fingerprint density at radius 1 is 1.21 bits per heavy atom. The first-order valence-corrected chi connectivity index (χ1v) is 12.0. The van der Waals surface area contributed by atoms with Crippen molar-refractivity contribution in [2.45, 2.75) is 70.8 Å². The van der Waals surface area contributed by atoms with Crippen molar-refractivity contribution in [3.05, 3.63) is 6.33 Å². The largest absolute Gasteiger partial charge is 0.364 e. The molecule has 1 aliphatic carbocycles. The smallest absolute Gasteiger partial charge is 0.227 e. The molecule has 1 aliphatic heterocycles. The van der Waals surface area contributed by atoms with E-state index in [1.54, 1.807) is 10.6 Å². The van der Waals surface area contributed by atoms with Gasteiger partial charge in [-0.05, 0) is 39.0 Å². The van der Waals surface area contributed by atoms with Gasteiger partial charge in [0.05, 0.1) is 11.6 Å². The van der Waals surface area contributed by atoms with Crippen LogP contribution in [-0.4, -0.2) is 62.7 Å². The van der Waals surface area contributed by atoms with E-state index in [0.717, 1.165) is 37.0 Å². The normalized spacial score (nSPS) is 21.8. The standard InChI is InChI=1S/C19H31N7O2S/c1-5-25-11-20-16-17(23-19(24-18(16)25)21-13(4)12(2)3)22-14-8-9-26(10-14)29(27,28)15-6-7-15/h11-15H,5-10H2,1-4H3,(H2,21,22,23,24)/t13-,14+/m1/s1. The third-order valence-electron chi connectivity index (χ3n) is 5.96. The number of rotatable bonds is 8. The molecule has 9 nitrogen and oxygen atoms in total. The Bertz CT molecular complexity index is 984. The van der Waals surface area contributed by atoms with Gasteiger partial charge in [0.15, 0.2) is 17.0 Å². The van der Waals surface area contributed by atoms with Gasteiger partial charge >= 0.3 is 0 Å². The highest BCUT2D eigenvalue weighted by Crippen LogP contribution is 2.33. The first-order chi connectivity index (χ1) is 13.8. The summed E-state index contributed by atoms with van der Waals surface area (Å²) < 4.78 is 28.7. The van der Waals surface area contributed by atoms with Crippen molar-refractivity contribution >= 4 is 33.0 Å². The summed E-state index contributed by atoms with van der Waals surface area (Å²) in [6.07, 6.45) is 4.12. The van der Waals surface area contributed by atoms with Crippen LogP contribution in [0.4, 0.5) is 11.8 Å². The summed E-state index contributed by atoms with van der Waals surface area (Å²) in [7, 11) is -3.14. The molecular formula is C19H31N7O2S. The maximum absolute atomic E-state index is 12.5. The topological polar surface area (TPSA) is 105 Å². The lowest BCUT2D eigenvalue weighted by molar-refractivity contribution is 0.473. The van der Waals surface area contributed by atoms with Gasteiger partial charge in [-0.15, -0.1) is 0 Å². The highest BCUT2D eigenvalue weighted by atomic mass is 32.2. The van der Waals surface area contributed by atoms with Crippen LogP contribution in [0.1, 0.15) is 47.0 Å². The molecular weight excluding hydrogens is 390 g/mol. The first-order valence-electron chi connectivity index (χ1n) is 10.5. The van der Waals surface area contributed by atoms with E-state index in [1.165, 1.54) is 0 Å². The average molecular weight is 422 g/mol. The van der Waals surface area contributed by atoms with Crippen LogP contribution < -0.4 is 10.6 Å². The van der Waals surface area contributed by atoms with Crippen molar-refractivity contribution in [3.8, 4) is 0 Å². The molecule has 2 aromatic rings. The van der Waals surface area contributed by atoms with Crippen molar-refractivity contribution in [3.63, 3.8) is 0 Å². The predicted octanol–water partition coefficient (Wildman–Crippen LogP) is 2.28. The molecule has 2 atom stereocenters. The monoisotopic (exact) mass is 421 g/mol. The summed E-state index contributed by atoms with van der Waals surface area (Å²) in [6, 6.07) is 0.243. The molecule has 0 spiro atoms. The molecule has 0 bridgehead atoms. The second kappa shape index (κ2) is 7.71. The van der Waals surface area contributed by atoms with E-state index in [4.69, 9.17) is 4.98 Å². The van der Waals surface area contributed by atoms with Crippen molar-refractivity contribution in [2.75, 3.05) is 23.7 Å². The Hall–Kier alpha value is -1.94. The van der Waals surface area contributed by atoms with Gasteiger partial charge in [-0.1, -0.05) is 13.8 Å². The minimum absolute atomic E-state index is 0.0174. The fourth-order valence-electron chi connectivity index (χ4n) is 3.56. The van der Waals surface area contributed by atoms with Crippen molar-refractivity contribution in [1.29, 1.82) is 0 Å². The Morgan fingerprint density at radius 3 is 2.62 bits per heavy atom. The van der Waals surface area contributed by atoms with Crippen LogP contribution in [-0.2, 0) is 16.6 Å². The van der Waals surface area contributed by atoms with Gasteiger partial charge in [-0.2, -0.15) is 14.3 Å². The van der Waals surface area contributed by atoms with Gasteiger partial charge in [0.1, 0.15) is 0 Å². The van der Waals surface area contributed by atoms with Crippen LogP contribution in [0, 0.1) is 5.92 Å². The fourth-order valence-corrected chi connectivity index (χ4v) is 5.46. The summed E-state index contributed by atoms with van der Waals surface area (Å²) in [4.78, 5) is 13.9. The molecule has 3 heterocycles. The number of aromatic nitrogens is 4. The molecule has 1 saturated heterocycles. The van der Waals surface area contributed by atoms with Crippen LogP contribution in [0.5, 0.6) is 0 Å². The lowest BCUT2D eigenvalue weighted by Gasteiger charge is -2.20. The maximum atomic E-state index is 12.5. The molecule has 2 aliphatic rings. The molecule has 0 radical (unpaired) electrons. The zero-order chi connectivity index (χ0) is 20.8. The van der Waals surface area contributed by atoms with Crippen LogP contribution >= 0.6 is 0 Å². The van der Waals surface area contributed by atoms with E-state index >= 15 is 0 Å². The number of imidazole rings is 1. The van der Waals surface area contributed by atoms with Crippen molar-refractivity contribution in [2.24, 2.45) is 5.92 Å². The van der Waals surface area contributed by atoms with Crippen molar-refractivity contribution < 1.29 is 8.42 Å². The summed E-state index contributed by atoms with van der Waals surface area (Å²) in [5.74, 6) is 1.67. The number of nitrogens with zero attached hydrogens (tertiary/aromatic N) is 5. The minimum Gasteiger partial charge on any atom is -0.364 e. The Kier molecular flexibility index (Phi) is 5.41. The van der Waals surface area contributed by atoms with E-state index in [-0.39, 0.29) is 17.3 Å². The molecule has 0 amide bonds. The summed E-state index contributed by atoms with van der Waals surface area (Å²) in [5, 5.41) is 6.67. The van der Waals surface area contributed by atoms with Gasteiger partial charge < -0.3 is 15.2 Å². The zero-order valence-electron chi connectivity index (χ0n) is 17.6. The predicted molar refractivity (Wildman–Crippen MR) is 114 cm³/mol. The second-order valence-corrected chi connectivity index (χ2v) is 10.7. The maximum Gasteiger partial charge on any atom is 0.227 e. The average Bonchev–Trinajstić information content (AvgIpc) is 3.30. The third-order valence-corrected chi connectivity index (χ3v) is 8.32. The Morgan fingerprint density at radius 2 is 1.97 bits per heavy atom. The lowest BCUT2D eigenvalue weighted by Crippen LogP contribution is -2.34. The third kappa shape index (κ3) is 4.05. The number of fused-ring (bicyclic) bond motifs is 1. The number of anilines is 2. The Balaban J connectivity index is 1.58. The molecule has 2 N–H and O–H groups in total. The Labute approximate surface area is 172 Å². The van der Waals surface area contributed by atoms with Gasteiger partial charge in [0, 0.05) is 31.7 Å². The molecule has 29 heavy (non-hydrogen) atoms. The molecule has 10 heteroatoms. The number of hydrogen-bond acceptors (Lipinski definition) is 7. The molecule has 160 valence electrons. The van der Waals surface area contributed by atoms with Crippen molar-refractivity contribution in [1.82, 2.24) is 23.8 Å². The number of sulfonamides is 1. The van der Waals surface area contributed by atoms with E-state index in [9.17, 15) is 8.42 Å². The van der Waals surface area contributed by atoms with Gasteiger partial charge in [-0.3, -0.25) is 0 Å². The summed E-state index contributed by atoms with van der Waals surface area (Å²) >= 11 is 0. The number of hydrogen-bond donors (Lipinski definition) is 2. The zero-order valence-corrected chi connectivity index (χ0v) is 18.4. The molecule has 0 aromatic carbocycles. The van der Waals surface area contributed by atoms with Crippen LogP contribution in [0.25, 0.3) is 11.2 Å². The number of nitrogens with one attached hydrogen (secondary N) is 2. The molecule has 1 saturated carbocycles. The van der Waals surface area contributed by atoms with E-state index < -0.39 is 10.0 Å². The van der Waals surface area contributed by atoms with E-state index in [1.807, 2.05) is 4.57 Å². The minimum atomic E-state index is -3.14. The van der Waals surface area contributed by atoms with Crippen LogP contribution in [0.15, 0.2) is 6.33 Å². The molecule has 2 aromatic heterocycles. The van der Waals surface area contributed by atoms with E-state index in [0.29, 0.717) is 30.8 Å². The summed E-state index contributed by atoms with van der Waals surface area (Å²) in [5.41, 5.74) is 1.50.